The molecular formula is C14H10O4S. The van der Waals surface area contributed by atoms with E-state index >= 15 is 0 Å². The largest absolute Gasteiger partial charge is 0.513 e. The van der Waals surface area contributed by atoms with Gasteiger partial charge in [-0.25, -0.2) is 9.59 Å². The van der Waals surface area contributed by atoms with Crippen LogP contribution in [-0.2, 0) is 4.74 Å². The van der Waals surface area contributed by atoms with Crippen LogP contribution in [0.15, 0.2) is 64.4 Å². The Labute approximate surface area is 114 Å². The standard InChI is InChI=1S/C14H10O4S/c15-13(18-14(16)17)10-6-8-12(9-7-10)19-11-4-2-1-3-5-11/h1-9H,(H,16,17). The summed E-state index contributed by atoms with van der Waals surface area (Å²) >= 11 is 1.55. The Kier molecular flexibility index (Phi) is 4.20. The van der Waals surface area contributed by atoms with E-state index in [9.17, 15) is 9.59 Å². The molecule has 2 aromatic carbocycles. The summed E-state index contributed by atoms with van der Waals surface area (Å²) in [4.78, 5) is 23.6. The van der Waals surface area contributed by atoms with E-state index in [2.05, 4.69) is 4.74 Å². The maximum Gasteiger partial charge on any atom is 0.513 e. The van der Waals surface area contributed by atoms with E-state index in [0.717, 1.165) is 9.79 Å². The number of esters is 1. The highest BCUT2D eigenvalue weighted by Gasteiger charge is 2.11. The number of benzene rings is 2. The second kappa shape index (κ2) is 6.06. The average Bonchev–Trinajstić information content (AvgIpc) is 2.40. The number of carbonyl (C=O) groups is 2. The summed E-state index contributed by atoms with van der Waals surface area (Å²) in [6.45, 7) is 0. The predicted octanol–water partition coefficient (Wildman–Crippen LogP) is 3.67. The molecule has 0 aromatic heterocycles. The summed E-state index contributed by atoms with van der Waals surface area (Å²) in [7, 11) is 0. The molecule has 0 saturated carbocycles. The van der Waals surface area contributed by atoms with Gasteiger partial charge in [-0.3, -0.25) is 0 Å². The van der Waals surface area contributed by atoms with E-state index in [1.54, 1.807) is 23.9 Å². The van der Waals surface area contributed by atoms with Crippen molar-refractivity contribution in [3.63, 3.8) is 0 Å². The van der Waals surface area contributed by atoms with Gasteiger partial charge in [0.05, 0.1) is 5.56 Å². The Morgan fingerprint density at radius 3 is 2.05 bits per heavy atom. The van der Waals surface area contributed by atoms with Gasteiger partial charge in [0.1, 0.15) is 0 Å². The topological polar surface area (TPSA) is 63.6 Å². The summed E-state index contributed by atoms with van der Waals surface area (Å²) in [6, 6.07) is 16.4. The molecular weight excluding hydrogens is 264 g/mol. The van der Waals surface area contributed by atoms with Gasteiger partial charge in [0.15, 0.2) is 0 Å². The van der Waals surface area contributed by atoms with Crippen LogP contribution in [0, 0.1) is 0 Å². The van der Waals surface area contributed by atoms with E-state index < -0.39 is 12.1 Å². The summed E-state index contributed by atoms with van der Waals surface area (Å²) in [5.74, 6) is -0.872. The molecule has 0 bridgehead atoms. The second-order valence-corrected chi connectivity index (χ2v) is 4.74. The van der Waals surface area contributed by atoms with E-state index in [4.69, 9.17) is 5.11 Å². The fraction of sp³-hybridized carbons (Fsp3) is 0. The Hall–Kier alpha value is -2.27. The molecule has 0 atom stereocenters. The first-order valence-corrected chi connectivity index (χ1v) is 6.25. The lowest BCUT2D eigenvalue weighted by atomic mass is 10.2. The van der Waals surface area contributed by atoms with Gasteiger partial charge in [-0.2, -0.15) is 0 Å². The van der Waals surface area contributed by atoms with E-state index in [1.165, 1.54) is 12.1 Å². The Bertz CT molecular complexity index is 578. The van der Waals surface area contributed by atoms with Gasteiger partial charge in [-0.05, 0) is 36.4 Å². The molecule has 96 valence electrons. The molecule has 19 heavy (non-hydrogen) atoms. The van der Waals surface area contributed by atoms with Gasteiger partial charge in [-0.1, -0.05) is 30.0 Å². The fourth-order valence-corrected chi connectivity index (χ4v) is 2.26. The van der Waals surface area contributed by atoms with E-state index in [-0.39, 0.29) is 5.56 Å². The highest BCUT2D eigenvalue weighted by Crippen LogP contribution is 2.27. The van der Waals surface area contributed by atoms with Gasteiger partial charge >= 0.3 is 12.1 Å². The third kappa shape index (κ3) is 3.86. The molecule has 2 rings (SSSR count). The molecule has 0 aliphatic heterocycles. The number of hydrogen-bond donors (Lipinski definition) is 1. The molecule has 5 heteroatoms. The first-order valence-electron chi connectivity index (χ1n) is 5.43. The van der Waals surface area contributed by atoms with Crippen LogP contribution < -0.4 is 0 Å². The quantitative estimate of drug-likeness (QED) is 0.683. The molecule has 1 N–H and O–H groups in total. The van der Waals surface area contributed by atoms with Crippen molar-refractivity contribution >= 4 is 23.9 Å². The molecule has 0 saturated heterocycles. The lowest BCUT2D eigenvalue weighted by Gasteiger charge is -2.03. The summed E-state index contributed by atoms with van der Waals surface area (Å²) in [5.41, 5.74) is 0.208. The zero-order chi connectivity index (χ0) is 13.7. The minimum Gasteiger partial charge on any atom is -0.449 e. The van der Waals surface area contributed by atoms with Crippen molar-refractivity contribution < 1.29 is 19.4 Å². The number of hydrogen-bond acceptors (Lipinski definition) is 4. The molecule has 0 aliphatic carbocycles. The molecule has 0 amide bonds. The third-order valence-corrected chi connectivity index (χ3v) is 3.26. The maximum atomic E-state index is 11.3. The van der Waals surface area contributed by atoms with Crippen LogP contribution in [-0.4, -0.2) is 17.2 Å². The fourth-order valence-electron chi connectivity index (χ4n) is 1.42. The average molecular weight is 274 g/mol. The lowest BCUT2D eigenvalue weighted by Crippen LogP contribution is -2.09. The second-order valence-electron chi connectivity index (χ2n) is 3.59. The zero-order valence-electron chi connectivity index (χ0n) is 9.78. The number of carbonyl (C=O) groups excluding carboxylic acids is 1. The minimum absolute atomic E-state index is 0.208. The Morgan fingerprint density at radius 2 is 1.47 bits per heavy atom. The van der Waals surface area contributed by atoms with Crippen LogP contribution >= 0.6 is 11.8 Å². The van der Waals surface area contributed by atoms with Crippen LogP contribution in [0.25, 0.3) is 0 Å². The molecule has 0 fully saturated rings. The normalized spacial score (nSPS) is 9.89. The number of rotatable bonds is 3. The highest BCUT2D eigenvalue weighted by atomic mass is 32.2. The maximum absolute atomic E-state index is 11.3. The Balaban J connectivity index is 2.06. The minimum atomic E-state index is -1.60. The highest BCUT2D eigenvalue weighted by molar-refractivity contribution is 7.99. The van der Waals surface area contributed by atoms with Crippen molar-refractivity contribution in [2.45, 2.75) is 9.79 Å². The molecule has 4 nitrogen and oxygen atoms in total. The third-order valence-electron chi connectivity index (χ3n) is 2.25. The van der Waals surface area contributed by atoms with Crippen molar-refractivity contribution in [1.82, 2.24) is 0 Å². The van der Waals surface area contributed by atoms with Gasteiger partial charge < -0.3 is 9.84 Å². The van der Waals surface area contributed by atoms with Gasteiger partial charge in [0.2, 0.25) is 0 Å². The molecule has 0 aliphatic rings. The van der Waals surface area contributed by atoms with Crippen molar-refractivity contribution in [3.8, 4) is 0 Å². The molecule has 0 unspecified atom stereocenters. The number of ether oxygens (including phenoxy) is 1. The van der Waals surface area contributed by atoms with Crippen molar-refractivity contribution in [1.29, 1.82) is 0 Å². The van der Waals surface area contributed by atoms with E-state index in [0.29, 0.717) is 0 Å². The van der Waals surface area contributed by atoms with Crippen molar-refractivity contribution in [2.24, 2.45) is 0 Å². The molecule has 2 aromatic rings. The van der Waals surface area contributed by atoms with Gasteiger partial charge in [0, 0.05) is 9.79 Å². The van der Waals surface area contributed by atoms with Crippen LogP contribution in [0.5, 0.6) is 0 Å². The Morgan fingerprint density at radius 1 is 0.895 bits per heavy atom. The summed E-state index contributed by atoms with van der Waals surface area (Å²) < 4.78 is 4.07. The lowest BCUT2D eigenvalue weighted by molar-refractivity contribution is 0.0509. The predicted molar refractivity (Wildman–Crippen MR) is 70.4 cm³/mol. The first-order chi connectivity index (χ1) is 9.15. The SMILES string of the molecule is O=C(O)OC(=O)c1ccc(Sc2ccccc2)cc1. The summed E-state index contributed by atoms with van der Waals surface area (Å²) in [5, 5.41) is 8.35. The molecule has 0 radical (unpaired) electrons. The van der Waals surface area contributed by atoms with Crippen LogP contribution in [0.4, 0.5) is 4.79 Å². The van der Waals surface area contributed by atoms with Crippen LogP contribution in [0.2, 0.25) is 0 Å². The van der Waals surface area contributed by atoms with E-state index in [1.807, 2.05) is 30.3 Å². The number of carboxylic acid groups (broad SMARTS) is 1. The van der Waals surface area contributed by atoms with Crippen molar-refractivity contribution in [3.05, 3.63) is 60.2 Å². The first kappa shape index (κ1) is 13.2. The molecule has 0 spiro atoms. The summed E-state index contributed by atoms with van der Waals surface area (Å²) in [6.07, 6.45) is -1.60. The van der Waals surface area contributed by atoms with Crippen molar-refractivity contribution in [2.75, 3.05) is 0 Å². The monoisotopic (exact) mass is 274 g/mol. The van der Waals surface area contributed by atoms with Gasteiger partial charge in [-0.15, -0.1) is 0 Å². The smallest absolute Gasteiger partial charge is 0.449 e. The molecule has 0 heterocycles. The van der Waals surface area contributed by atoms with Crippen LogP contribution in [0.1, 0.15) is 10.4 Å². The van der Waals surface area contributed by atoms with Gasteiger partial charge in [0.25, 0.3) is 0 Å². The van der Waals surface area contributed by atoms with Crippen LogP contribution in [0.3, 0.4) is 0 Å². The zero-order valence-corrected chi connectivity index (χ0v) is 10.6.